The molecule has 0 saturated carbocycles. The minimum Gasteiger partial charge on any atom is -0.324 e. The fourth-order valence-electron chi connectivity index (χ4n) is 3.28. The number of carbonyl (C=O) groups is 1. The molecule has 1 unspecified atom stereocenters. The Balaban J connectivity index is 1.84. The summed E-state index contributed by atoms with van der Waals surface area (Å²) in [6.45, 7) is 2.99. The molecule has 1 atom stereocenters. The van der Waals surface area contributed by atoms with Gasteiger partial charge in [-0.2, -0.15) is 0 Å². The standard InChI is InChI=1S/C19H18ClN5OS/c1-2-9-24-17(16-8-5-10-27-16)18-21-22-23-25(18)12-14(19(24)26)11-13-6-3-4-7-15(13)20/h3-8,10-11,17H,2,9,12H2,1H3/b14-11-. The van der Waals surface area contributed by atoms with Crippen molar-refractivity contribution in [2.24, 2.45) is 0 Å². The van der Waals surface area contributed by atoms with Gasteiger partial charge in [0.1, 0.15) is 6.04 Å². The second-order valence-corrected chi connectivity index (χ2v) is 7.69. The molecule has 1 aliphatic rings. The van der Waals surface area contributed by atoms with Crippen LogP contribution in [0.15, 0.2) is 47.4 Å². The fourth-order valence-corrected chi connectivity index (χ4v) is 4.30. The number of thiophene rings is 1. The van der Waals surface area contributed by atoms with Crippen molar-refractivity contribution in [2.75, 3.05) is 6.54 Å². The van der Waals surface area contributed by atoms with Gasteiger partial charge in [0.25, 0.3) is 5.91 Å². The quantitative estimate of drug-likeness (QED) is 0.626. The molecule has 1 aliphatic heterocycles. The van der Waals surface area contributed by atoms with Crippen LogP contribution in [0.3, 0.4) is 0 Å². The van der Waals surface area contributed by atoms with Crippen molar-refractivity contribution >= 4 is 34.9 Å². The van der Waals surface area contributed by atoms with Crippen LogP contribution in [-0.4, -0.2) is 37.6 Å². The number of hydrogen-bond acceptors (Lipinski definition) is 5. The summed E-state index contributed by atoms with van der Waals surface area (Å²) < 4.78 is 1.71. The Morgan fingerprint density at radius 1 is 1.30 bits per heavy atom. The highest BCUT2D eigenvalue weighted by atomic mass is 35.5. The molecular weight excluding hydrogens is 382 g/mol. The first-order valence-electron chi connectivity index (χ1n) is 8.74. The van der Waals surface area contributed by atoms with Gasteiger partial charge in [0, 0.05) is 22.0 Å². The summed E-state index contributed by atoms with van der Waals surface area (Å²) in [5.74, 6) is 0.657. The molecule has 8 heteroatoms. The number of benzene rings is 1. The molecule has 1 amide bonds. The summed E-state index contributed by atoms with van der Waals surface area (Å²) in [6, 6.07) is 11.2. The largest absolute Gasteiger partial charge is 0.324 e. The molecule has 1 aromatic carbocycles. The Labute approximate surface area is 166 Å². The van der Waals surface area contributed by atoms with Crippen LogP contribution in [0.5, 0.6) is 0 Å². The van der Waals surface area contributed by atoms with Gasteiger partial charge in [0.05, 0.1) is 6.54 Å². The lowest BCUT2D eigenvalue weighted by Gasteiger charge is -2.28. The van der Waals surface area contributed by atoms with E-state index < -0.39 is 0 Å². The summed E-state index contributed by atoms with van der Waals surface area (Å²) in [5, 5.41) is 14.8. The molecule has 0 radical (unpaired) electrons. The minimum absolute atomic E-state index is 0.0255. The molecule has 3 aromatic rings. The van der Waals surface area contributed by atoms with Crippen LogP contribution in [0, 0.1) is 0 Å². The van der Waals surface area contributed by atoms with Gasteiger partial charge in [0.15, 0.2) is 5.82 Å². The van der Waals surface area contributed by atoms with E-state index in [4.69, 9.17) is 11.6 Å². The van der Waals surface area contributed by atoms with Crippen molar-refractivity contribution in [1.29, 1.82) is 0 Å². The van der Waals surface area contributed by atoms with Gasteiger partial charge in [-0.1, -0.05) is 42.8 Å². The SMILES string of the molecule is CCCN1C(=O)/C(=C\c2ccccc2Cl)Cn2nnnc2C1c1cccs1. The van der Waals surface area contributed by atoms with Crippen LogP contribution in [-0.2, 0) is 11.3 Å². The summed E-state index contributed by atoms with van der Waals surface area (Å²) in [7, 11) is 0. The molecule has 2 aromatic heterocycles. The van der Waals surface area contributed by atoms with E-state index in [2.05, 4.69) is 22.4 Å². The predicted molar refractivity (Wildman–Crippen MR) is 105 cm³/mol. The molecule has 0 spiro atoms. The third-order valence-corrected chi connectivity index (χ3v) is 5.75. The number of nitrogens with zero attached hydrogens (tertiary/aromatic N) is 5. The molecule has 0 saturated heterocycles. The van der Waals surface area contributed by atoms with E-state index in [1.807, 2.05) is 52.8 Å². The lowest BCUT2D eigenvalue weighted by Crippen LogP contribution is -2.36. The summed E-state index contributed by atoms with van der Waals surface area (Å²) in [5.41, 5.74) is 1.42. The van der Waals surface area contributed by atoms with Crippen LogP contribution < -0.4 is 0 Å². The number of tetrazole rings is 1. The predicted octanol–water partition coefficient (Wildman–Crippen LogP) is 3.81. The van der Waals surface area contributed by atoms with Crippen molar-refractivity contribution in [2.45, 2.75) is 25.9 Å². The number of carbonyl (C=O) groups excluding carboxylic acids is 1. The molecule has 0 N–H and O–H groups in total. The zero-order valence-corrected chi connectivity index (χ0v) is 16.3. The van der Waals surface area contributed by atoms with Crippen LogP contribution in [0.25, 0.3) is 6.08 Å². The molecule has 27 heavy (non-hydrogen) atoms. The molecule has 4 rings (SSSR count). The number of fused-ring (bicyclic) bond motifs is 1. The average molecular weight is 400 g/mol. The van der Waals surface area contributed by atoms with E-state index in [0.717, 1.165) is 16.9 Å². The average Bonchev–Trinajstić information content (AvgIpc) is 3.33. The highest BCUT2D eigenvalue weighted by Gasteiger charge is 2.36. The first kappa shape index (κ1) is 17.9. The second kappa shape index (κ2) is 7.62. The fraction of sp³-hybridized carbons (Fsp3) is 0.263. The van der Waals surface area contributed by atoms with Crippen molar-refractivity contribution < 1.29 is 4.79 Å². The Hall–Kier alpha value is -2.51. The maximum absolute atomic E-state index is 13.5. The Kier molecular flexibility index (Phi) is 5.05. The Bertz CT molecular complexity index is 982. The van der Waals surface area contributed by atoms with E-state index in [1.165, 1.54) is 0 Å². The third-order valence-electron chi connectivity index (χ3n) is 4.48. The first-order chi connectivity index (χ1) is 13.2. The zero-order chi connectivity index (χ0) is 18.8. The molecule has 138 valence electrons. The highest BCUT2D eigenvalue weighted by Crippen LogP contribution is 2.34. The van der Waals surface area contributed by atoms with Gasteiger partial charge < -0.3 is 4.90 Å². The van der Waals surface area contributed by atoms with Gasteiger partial charge >= 0.3 is 0 Å². The van der Waals surface area contributed by atoms with Crippen LogP contribution >= 0.6 is 22.9 Å². The van der Waals surface area contributed by atoms with Crippen LogP contribution in [0.2, 0.25) is 5.02 Å². The van der Waals surface area contributed by atoms with Gasteiger partial charge in [-0.3, -0.25) is 4.79 Å². The number of hydrogen-bond donors (Lipinski definition) is 0. The summed E-state index contributed by atoms with van der Waals surface area (Å²) >= 11 is 7.91. The molecule has 3 heterocycles. The molecule has 0 bridgehead atoms. The van der Waals surface area contributed by atoms with Crippen LogP contribution in [0.4, 0.5) is 0 Å². The number of amides is 1. The maximum Gasteiger partial charge on any atom is 0.252 e. The van der Waals surface area contributed by atoms with Crippen molar-refractivity contribution in [3.63, 3.8) is 0 Å². The summed E-state index contributed by atoms with van der Waals surface area (Å²) in [4.78, 5) is 16.4. The van der Waals surface area contributed by atoms with Crippen molar-refractivity contribution in [1.82, 2.24) is 25.1 Å². The van der Waals surface area contributed by atoms with E-state index in [9.17, 15) is 4.79 Å². The van der Waals surface area contributed by atoms with Gasteiger partial charge in [-0.25, -0.2) is 4.68 Å². The molecular formula is C19H18ClN5OS. The van der Waals surface area contributed by atoms with E-state index >= 15 is 0 Å². The van der Waals surface area contributed by atoms with E-state index in [0.29, 0.717) is 29.5 Å². The molecule has 6 nitrogen and oxygen atoms in total. The number of rotatable bonds is 4. The first-order valence-corrected chi connectivity index (χ1v) is 10.0. The smallest absolute Gasteiger partial charge is 0.252 e. The number of halogens is 1. The third kappa shape index (κ3) is 3.40. The highest BCUT2D eigenvalue weighted by molar-refractivity contribution is 7.10. The Morgan fingerprint density at radius 2 is 2.15 bits per heavy atom. The number of aromatic nitrogens is 4. The summed E-state index contributed by atoms with van der Waals surface area (Å²) in [6.07, 6.45) is 2.68. The minimum atomic E-state index is -0.287. The van der Waals surface area contributed by atoms with Gasteiger partial charge in [-0.05, 0) is 46.0 Å². The Morgan fingerprint density at radius 3 is 2.89 bits per heavy atom. The maximum atomic E-state index is 13.5. The van der Waals surface area contributed by atoms with E-state index in [-0.39, 0.29) is 11.9 Å². The lowest BCUT2D eigenvalue weighted by atomic mass is 10.1. The zero-order valence-electron chi connectivity index (χ0n) is 14.7. The van der Waals surface area contributed by atoms with Crippen molar-refractivity contribution in [3.8, 4) is 0 Å². The van der Waals surface area contributed by atoms with Gasteiger partial charge in [-0.15, -0.1) is 16.4 Å². The topological polar surface area (TPSA) is 63.9 Å². The van der Waals surface area contributed by atoms with E-state index in [1.54, 1.807) is 16.0 Å². The normalized spacial score (nSPS) is 18.6. The monoisotopic (exact) mass is 399 g/mol. The van der Waals surface area contributed by atoms with Gasteiger partial charge in [0.2, 0.25) is 0 Å². The molecule has 0 fully saturated rings. The molecule has 0 aliphatic carbocycles. The second-order valence-electron chi connectivity index (χ2n) is 6.30. The van der Waals surface area contributed by atoms with Crippen molar-refractivity contribution in [3.05, 3.63) is 68.6 Å². The lowest BCUT2D eigenvalue weighted by molar-refractivity contribution is -0.128. The van der Waals surface area contributed by atoms with Crippen LogP contribution in [0.1, 0.15) is 35.7 Å².